The summed E-state index contributed by atoms with van der Waals surface area (Å²) in [4.78, 5) is 11.6. The van der Waals surface area contributed by atoms with Crippen LogP contribution in [0.25, 0.3) is 0 Å². The molecule has 0 bridgehead atoms. The molecule has 0 heterocycles. The van der Waals surface area contributed by atoms with E-state index in [1.165, 1.54) is 0 Å². The van der Waals surface area contributed by atoms with Gasteiger partial charge in [-0.05, 0) is 43.4 Å². The van der Waals surface area contributed by atoms with Gasteiger partial charge in [-0.15, -0.1) is 0 Å². The van der Waals surface area contributed by atoms with Gasteiger partial charge < -0.3 is 15.2 Å². The first-order chi connectivity index (χ1) is 9.51. The van der Waals surface area contributed by atoms with Gasteiger partial charge in [0, 0.05) is 0 Å². The molecule has 1 unspecified atom stereocenters. The molecule has 4 nitrogen and oxygen atoms in total. The van der Waals surface area contributed by atoms with Gasteiger partial charge in [-0.25, -0.2) is 0 Å². The lowest BCUT2D eigenvalue weighted by Crippen LogP contribution is -2.56. The first-order valence-corrected chi connectivity index (χ1v) is 7.15. The minimum absolute atomic E-state index is 0.160. The highest BCUT2D eigenvalue weighted by atomic mass is 16.5. The molecule has 0 radical (unpaired) electrons. The molecule has 110 valence electrons. The number of ether oxygens (including phenoxy) is 1. The Morgan fingerprint density at radius 3 is 2.60 bits per heavy atom. The van der Waals surface area contributed by atoms with Crippen molar-refractivity contribution in [1.82, 2.24) is 5.32 Å². The summed E-state index contributed by atoms with van der Waals surface area (Å²) in [7, 11) is 1.70. The lowest BCUT2D eigenvalue weighted by molar-refractivity contribution is -0.147. The largest absolute Gasteiger partial charge is 0.491 e. The second-order valence-electron chi connectivity index (χ2n) is 5.78. The molecule has 0 aromatic heterocycles. The van der Waals surface area contributed by atoms with Crippen molar-refractivity contribution in [2.75, 3.05) is 13.7 Å². The fourth-order valence-corrected chi connectivity index (χ4v) is 2.59. The summed E-state index contributed by atoms with van der Waals surface area (Å²) in [5.74, 6) is 0.464. The first kappa shape index (κ1) is 14.9. The Bertz CT molecular complexity index is 482. The summed E-state index contributed by atoms with van der Waals surface area (Å²) >= 11 is 0. The van der Waals surface area contributed by atoms with Gasteiger partial charge in [0.1, 0.15) is 12.4 Å². The van der Waals surface area contributed by atoms with Crippen LogP contribution >= 0.6 is 0 Å². The van der Waals surface area contributed by atoms with Gasteiger partial charge in [0.05, 0.1) is 0 Å². The second kappa shape index (κ2) is 5.83. The maximum absolute atomic E-state index is 11.6. The van der Waals surface area contributed by atoms with E-state index in [2.05, 4.69) is 19.2 Å². The van der Waals surface area contributed by atoms with Crippen LogP contribution in [0.4, 0.5) is 0 Å². The van der Waals surface area contributed by atoms with E-state index in [9.17, 15) is 9.90 Å². The van der Waals surface area contributed by atoms with E-state index in [1.807, 2.05) is 24.3 Å². The Labute approximate surface area is 120 Å². The van der Waals surface area contributed by atoms with E-state index in [0.29, 0.717) is 5.92 Å². The van der Waals surface area contributed by atoms with Crippen molar-refractivity contribution in [2.24, 2.45) is 5.92 Å². The normalized spacial score (nSPS) is 17.8. The number of hydrogen-bond donors (Lipinski definition) is 2. The van der Waals surface area contributed by atoms with Crippen LogP contribution in [0.3, 0.4) is 0 Å². The SMILES string of the molecule is CNC(COc1ccccc1C(C)C)(C(=O)O)C1CC1. The average Bonchev–Trinajstić information content (AvgIpc) is 3.25. The summed E-state index contributed by atoms with van der Waals surface area (Å²) in [5.41, 5.74) is 0.142. The lowest BCUT2D eigenvalue weighted by Gasteiger charge is -2.29. The van der Waals surface area contributed by atoms with Crippen molar-refractivity contribution in [2.45, 2.75) is 38.1 Å². The Hall–Kier alpha value is -1.55. The zero-order valence-electron chi connectivity index (χ0n) is 12.3. The van der Waals surface area contributed by atoms with E-state index in [0.717, 1.165) is 24.2 Å². The number of nitrogens with one attached hydrogen (secondary N) is 1. The zero-order valence-corrected chi connectivity index (χ0v) is 12.3. The highest BCUT2D eigenvalue weighted by Crippen LogP contribution is 2.40. The molecular formula is C16H23NO3. The molecule has 1 saturated carbocycles. The smallest absolute Gasteiger partial charge is 0.327 e. The predicted molar refractivity (Wildman–Crippen MR) is 78.2 cm³/mol. The summed E-state index contributed by atoms with van der Waals surface area (Å²) in [6.07, 6.45) is 1.89. The third-order valence-electron chi connectivity index (χ3n) is 4.10. The molecule has 1 aromatic rings. The number of para-hydroxylation sites is 1. The minimum atomic E-state index is -0.968. The van der Waals surface area contributed by atoms with Crippen molar-refractivity contribution in [3.05, 3.63) is 29.8 Å². The number of benzene rings is 1. The monoisotopic (exact) mass is 277 g/mol. The van der Waals surface area contributed by atoms with E-state index in [1.54, 1.807) is 7.05 Å². The molecule has 0 spiro atoms. The zero-order chi connectivity index (χ0) is 14.8. The lowest BCUT2D eigenvalue weighted by atomic mass is 9.94. The van der Waals surface area contributed by atoms with Crippen molar-refractivity contribution in [3.63, 3.8) is 0 Å². The molecule has 1 aromatic carbocycles. The first-order valence-electron chi connectivity index (χ1n) is 7.15. The Balaban J connectivity index is 2.16. The molecule has 4 heteroatoms. The molecular weight excluding hydrogens is 254 g/mol. The van der Waals surface area contributed by atoms with Crippen LogP contribution in [0, 0.1) is 5.92 Å². The second-order valence-corrected chi connectivity index (χ2v) is 5.78. The van der Waals surface area contributed by atoms with Crippen LogP contribution in [0.5, 0.6) is 5.75 Å². The molecule has 0 amide bonds. The summed E-state index contributed by atoms with van der Waals surface area (Å²) in [6, 6.07) is 7.83. The van der Waals surface area contributed by atoms with Gasteiger partial charge in [-0.1, -0.05) is 32.0 Å². The fourth-order valence-electron chi connectivity index (χ4n) is 2.59. The Kier molecular flexibility index (Phi) is 4.33. The Morgan fingerprint density at radius 2 is 2.10 bits per heavy atom. The molecule has 20 heavy (non-hydrogen) atoms. The van der Waals surface area contributed by atoms with Crippen molar-refractivity contribution in [1.29, 1.82) is 0 Å². The predicted octanol–water partition coefficient (Wildman–Crippen LogP) is 2.64. The maximum Gasteiger partial charge on any atom is 0.327 e. The standard InChI is InChI=1S/C16H23NO3/c1-11(2)13-6-4-5-7-14(13)20-10-16(17-3,15(18)19)12-8-9-12/h4-7,11-12,17H,8-10H2,1-3H3,(H,18,19). The molecule has 0 aliphatic heterocycles. The summed E-state index contributed by atoms with van der Waals surface area (Å²) in [6.45, 7) is 4.37. The van der Waals surface area contributed by atoms with E-state index >= 15 is 0 Å². The van der Waals surface area contributed by atoms with Crippen molar-refractivity contribution in [3.8, 4) is 5.75 Å². The molecule has 1 aliphatic carbocycles. The number of hydrogen-bond acceptors (Lipinski definition) is 3. The van der Waals surface area contributed by atoms with Crippen LogP contribution in [0.1, 0.15) is 38.2 Å². The molecule has 0 saturated heterocycles. The number of rotatable bonds is 7. The quantitative estimate of drug-likeness (QED) is 0.804. The number of likely N-dealkylation sites (N-methyl/N-ethyl adjacent to an activating group) is 1. The van der Waals surface area contributed by atoms with E-state index in [-0.39, 0.29) is 12.5 Å². The number of carbonyl (C=O) groups is 1. The van der Waals surface area contributed by atoms with Crippen molar-refractivity contribution >= 4 is 5.97 Å². The van der Waals surface area contributed by atoms with E-state index in [4.69, 9.17) is 4.74 Å². The average molecular weight is 277 g/mol. The maximum atomic E-state index is 11.6. The van der Waals surface area contributed by atoms with Crippen LogP contribution in [0.15, 0.2) is 24.3 Å². The molecule has 1 fully saturated rings. The molecule has 1 atom stereocenters. The summed E-state index contributed by atoms with van der Waals surface area (Å²) in [5, 5.41) is 12.5. The number of carboxylic acid groups (broad SMARTS) is 1. The third-order valence-corrected chi connectivity index (χ3v) is 4.10. The van der Waals surface area contributed by atoms with Gasteiger partial charge in [-0.2, -0.15) is 0 Å². The topological polar surface area (TPSA) is 58.6 Å². The molecule has 1 aliphatic rings. The molecule has 2 N–H and O–H groups in total. The number of carboxylic acids is 1. The van der Waals surface area contributed by atoms with Gasteiger partial charge >= 0.3 is 5.97 Å². The van der Waals surface area contributed by atoms with Gasteiger partial charge in [0.15, 0.2) is 5.54 Å². The van der Waals surface area contributed by atoms with Gasteiger partial charge in [-0.3, -0.25) is 4.79 Å². The Morgan fingerprint density at radius 1 is 1.45 bits per heavy atom. The van der Waals surface area contributed by atoms with Crippen LogP contribution in [0.2, 0.25) is 0 Å². The molecule has 2 rings (SSSR count). The minimum Gasteiger partial charge on any atom is -0.491 e. The van der Waals surface area contributed by atoms with Gasteiger partial charge in [0.25, 0.3) is 0 Å². The number of aliphatic carboxylic acids is 1. The van der Waals surface area contributed by atoms with Crippen LogP contribution in [-0.2, 0) is 4.79 Å². The summed E-state index contributed by atoms with van der Waals surface area (Å²) < 4.78 is 5.87. The van der Waals surface area contributed by atoms with Crippen molar-refractivity contribution < 1.29 is 14.6 Å². The van der Waals surface area contributed by atoms with Gasteiger partial charge in [0.2, 0.25) is 0 Å². The highest BCUT2D eigenvalue weighted by molar-refractivity contribution is 5.80. The third kappa shape index (κ3) is 2.80. The van der Waals surface area contributed by atoms with Crippen LogP contribution in [-0.4, -0.2) is 30.3 Å². The highest BCUT2D eigenvalue weighted by Gasteiger charge is 2.51. The fraction of sp³-hybridized carbons (Fsp3) is 0.562. The van der Waals surface area contributed by atoms with Crippen LogP contribution < -0.4 is 10.1 Å². The van der Waals surface area contributed by atoms with E-state index < -0.39 is 11.5 Å².